The molecule has 1 aromatic heterocycles. The Labute approximate surface area is 142 Å². The van der Waals surface area contributed by atoms with Gasteiger partial charge in [0.2, 0.25) is 0 Å². The van der Waals surface area contributed by atoms with Gasteiger partial charge in [-0.2, -0.15) is 5.26 Å². The van der Waals surface area contributed by atoms with E-state index < -0.39 is 10.9 Å². The van der Waals surface area contributed by atoms with E-state index in [1.54, 1.807) is 36.4 Å². The molecule has 0 saturated heterocycles. The van der Waals surface area contributed by atoms with Crippen LogP contribution in [-0.4, -0.2) is 17.5 Å². The van der Waals surface area contributed by atoms with E-state index in [0.29, 0.717) is 15.3 Å². The lowest BCUT2D eigenvalue weighted by Crippen LogP contribution is -2.06. The summed E-state index contributed by atoms with van der Waals surface area (Å²) in [6.07, 6.45) is 2.80. The summed E-state index contributed by atoms with van der Waals surface area (Å²) in [7, 11) is 0. The summed E-state index contributed by atoms with van der Waals surface area (Å²) in [6, 6.07) is 11.6. The Balaban J connectivity index is 2.33. The molecular formula is C17H12N2O4S. The fraction of sp³-hybridized carbons (Fsp3) is 0.0588. The third-order valence-corrected chi connectivity index (χ3v) is 4.02. The van der Waals surface area contributed by atoms with Gasteiger partial charge in [0.05, 0.1) is 10.5 Å². The van der Waals surface area contributed by atoms with Gasteiger partial charge in [0.15, 0.2) is 0 Å². The Morgan fingerprint density at radius 2 is 2.12 bits per heavy atom. The van der Waals surface area contributed by atoms with Gasteiger partial charge < -0.3 is 4.74 Å². The Kier molecular flexibility index (Phi) is 5.60. The lowest BCUT2D eigenvalue weighted by molar-refractivity contribution is -0.384. The minimum Gasteiger partial charge on any atom is -0.457 e. The molecule has 0 spiro atoms. The maximum atomic E-state index is 11.7. The summed E-state index contributed by atoms with van der Waals surface area (Å²) in [6.45, 7) is 3.45. The van der Waals surface area contributed by atoms with E-state index in [4.69, 9.17) is 10.00 Å². The molecule has 0 amide bonds. The van der Waals surface area contributed by atoms with Gasteiger partial charge in [0.25, 0.3) is 5.69 Å². The molecule has 0 radical (unpaired) electrons. The second-order valence-electron chi connectivity index (χ2n) is 4.53. The molecule has 1 heterocycles. The summed E-state index contributed by atoms with van der Waals surface area (Å²) in [5.41, 5.74) is 0.341. The van der Waals surface area contributed by atoms with E-state index in [2.05, 4.69) is 6.58 Å². The van der Waals surface area contributed by atoms with Crippen LogP contribution in [0, 0.1) is 21.4 Å². The summed E-state index contributed by atoms with van der Waals surface area (Å²) >= 11 is 1.24. The van der Waals surface area contributed by atoms with Crippen LogP contribution in [0.2, 0.25) is 0 Å². The molecule has 0 aliphatic heterocycles. The molecule has 0 N–H and O–H groups in total. The first-order valence-electron chi connectivity index (χ1n) is 6.80. The zero-order chi connectivity index (χ0) is 17.5. The number of thiophene rings is 1. The number of carbonyl (C=O) groups excluding carboxylic acids is 1. The number of hydrogen-bond donors (Lipinski definition) is 0. The Morgan fingerprint density at radius 1 is 1.38 bits per heavy atom. The second kappa shape index (κ2) is 7.85. The standard InChI is InChI=1S/C17H12N2O4S/c1-2-9-23-17(20)12(11-18)10-13-7-8-16(24-13)14-5-3-4-6-15(14)19(21)22/h2-8,10H,1,9H2/b12-10+. The Hall–Kier alpha value is -3.24. The molecule has 0 aliphatic carbocycles. The fourth-order valence-corrected chi connectivity index (χ4v) is 2.89. The number of esters is 1. The zero-order valence-corrected chi connectivity index (χ0v) is 13.3. The van der Waals surface area contributed by atoms with E-state index in [1.165, 1.54) is 29.6 Å². The van der Waals surface area contributed by atoms with Gasteiger partial charge in [0, 0.05) is 15.8 Å². The molecule has 6 nitrogen and oxygen atoms in total. The number of nitriles is 1. The highest BCUT2D eigenvalue weighted by molar-refractivity contribution is 7.16. The predicted octanol–water partition coefficient (Wildman–Crippen LogP) is 3.96. The van der Waals surface area contributed by atoms with Gasteiger partial charge in [-0.05, 0) is 24.3 Å². The van der Waals surface area contributed by atoms with E-state index in [9.17, 15) is 14.9 Å². The highest BCUT2D eigenvalue weighted by Gasteiger charge is 2.16. The molecule has 1 aromatic carbocycles. The fourth-order valence-electron chi connectivity index (χ4n) is 1.91. The summed E-state index contributed by atoms with van der Waals surface area (Å²) in [4.78, 5) is 23.7. The van der Waals surface area contributed by atoms with Crippen LogP contribution in [0.25, 0.3) is 16.5 Å². The van der Waals surface area contributed by atoms with Crippen LogP contribution in [0.4, 0.5) is 5.69 Å². The van der Waals surface area contributed by atoms with Crippen molar-refractivity contribution in [2.75, 3.05) is 6.61 Å². The number of nitrogens with zero attached hydrogens (tertiary/aromatic N) is 2. The molecule has 24 heavy (non-hydrogen) atoms. The number of carbonyl (C=O) groups is 1. The molecule has 0 aliphatic rings. The average molecular weight is 340 g/mol. The lowest BCUT2D eigenvalue weighted by atomic mass is 10.1. The summed E-state index contributed by atoms with van der Waals surface area (Å²) < 4.78 is 4.83. The van der Waals surface area contributed by atoms with E-state index in [-0.39, 0.29) is 17.9 Å². The van der Waals surface area contributed by atoms with Crippen LogP contribution >= 0.6 is 11.3 Å². The van der Waals surface area contributed by atoms with Crippen LogP contribution in [0.3, 0.4) is 0 Å². The molecular weight excluding hydrogens is 328 g/mol. The maximum Gasteiger partial charge on any atom is 0.349 e. The number of hydrogen-bond acceptors (Lipinski definition) is 6. The van der Waals surface area contributed by atoms with Crippen molar-refractivity contribution in [2.24, 2.45) is 0 Å². The largest absolute Gasteiger partial charge is 0.457 e. The molecule has 120 valence electrons. The molecule has 0 unspecified atom stereocenters. The van der Waals surface area contributed by atoms with Gasteiger partial charge in [-0.1, -0.05) is 24.8 Å². The van der Waals surface area contributed by atoms with E-state index >= 15 is 0 Å². The highest BCUT2D eigenvalue weighted by atomic mass is 32.1. The quantitative estimate of drug-likeness (QED) is 0.198. The van der Waals surface area contributed by atoms with Gasteiger partial charge >= 0.3 is 5.97 Å². The molecule has 0 bridgehead atoms. The normalized spacial score (nSPS) is 10.7. The lowest BCUT2D eigenvalue weighted by Gasteiger charge is -1.99. The smallest absolute Gasteiger partial charge is 0.349 e. The third-order valence-electron chi connectivity index (χ3n) is 2.95. The van der Waals surface area contributed by atoms with Crippen LogP contribution < -0.4 is 0 Å². The minimum atomic E-state index is -0.738. The van der Waals surface area contributed by atoms with Crippen molar-refractivity contribution in [2.45, 2.75) is 0 Å². The Bertz CT molecular complexity index is 861. The molecule has 0 saturated carbocycles. The molecule has 0 atom stereocenters. The molecule has 0 fully saturated rings. The van der Waals surface area contributed by atoms with Gasteiger partial charge in [-0.25, -0.2) is 4.79 Å². The van der Waals surface area contributed by atoms with Crippen molar-refractivity contribution in [3.8, 4) is 16.5 Å². The highest BCUT2D eigenvalue weighted by Crippen LogP contribution is 2.35. The first-order valence-corrected chi connectivity index (χ1v) is 7.62. The van der Waals surface area contributed by atoms with Crippen molar-refractivity contribution in [3.05, 3.63) is 69.6 Å². The number of nitro benzene ring substituents is 1. The van der Waals surface area contributed by atoms with Gasteiger partial charge in [-0.15, -0.1) is 11.3 Å². The van der Waals surface area contributed by atoms with Crippen molar-refractivity contribution < 1.29 is 14.5 Å². The van der Waals surface area contributed by atoms with Crippen LogP contribution in [-0.2, 0) is 9.53 Å². The number of nitro groups is 1. The molecule has 2 rings (SSSR count). The molecule has 7 heteroatoms. The number of benzene rings is 1. The first kappa shape index (κ1) is 17.1. The van der Waals surface area contributed by atoms with Crippen molar-refractivity contribution in [1.82, 2.24) is 0 Å². The maximum absolute atomic E-state index is 11.7. The van der Waals surface area contributed by atoms with Crippen LogP contribution in [0.5, 0.6) is 0 Å². The Morgan fingerprint density at radius 3 is 2.79 bits per heavy atom. The van der Waals surface area contributed by atoms with Gasteiger partial charge in [-0.3, -0.25) is 10.1 Å². The number of rotatable bonds is 6. The second-order valence-corrected chi connectivity index (χ2v) is 5.65. The first-order chi connectivity index (χ1) is 11.6. The van der Waals surface area contributed by atoms with Gasteiger partial charge in [0.1, 0.15) is 18.2 Å². The number of para-hydroxylation sites is 1. The third kappa shape index (κ3) is 3.94. The summed E-state index contributed by atoms with van der Waals surface area (Å²) in [5.74, 6) is -0.738. The van der Waals surface area contributed by atoms with Crippen molar-refractivity contribution >= 4 is 29.1 Å². The average Bonchev–Trinajstić information content (AvgIpc) is 3.06. The zero-order valence-electron chi connectivity index (χ0n) is 12.5. The number of ether oxygens (including phenoxy) is 1. The topological polar surface area (TPSA) is 93.2 Å². The monoisotopic (exact) mass is 340 g/mol. The van der Waals surface area contributed by atoms with Crippen molar-refractivity contribution in [3.63, 3.8) is 0 Å². The summed E-state index contributed by atoms with van der Waals surface area (Å²) in [5, 5.41) is 20.2. The van der Waals surface area contributed by atoms with Crippen molar-refractivity contribution in [1.29, 1.82) is 5.26 Å². The van der Waals surface area contributed by atoms with E-state index in [1.807, 2.05) is 0 Å². The van der Waals surface area contributed by atoms with E-state index in [0.717, 1.165) is 0 Å². The minimum absolute atomic E-state index is 0.000721. The van der Waals surface area contributed by atoms with Crippen LogP contribution in [0.1, 0.15) is 4.88 Å². The molecule has 2 aromatic rings. The SMILES string of the molecule is C=CCOC(=O)/C(C#N)=C/c1ccc(-c2ccccc2[N+](=O)[O-])s1. The van der Waals surface area contributed by atoms with Crippen LogP contribution in [0.15, 0.2) is 54.6 Å². The predicted molar refractivity (Wildman–Crippen MR) is 91.2 cm³/mol.